The summed E-state index contributed by atoms with van der Waals surface area (Å²) in [6.45, 7) is 5.71. The molecule has 1 heterocycles. The van der Waals surface area contributed by atoms with Gasteiger partial charge in [0.05, 0.1) is 0 Å². The van der Waals surface area contributed by atoms with Crippen LogP contribution in [0.25, 0.3) is 0 Å². The quantitative estimate of drug-likeness (QED) is 0.788. The zero-order valence-corrected chi connectivity index (χ0v) is 11.7. The zero-order chi connectivity index (χ0) is 12.1. The first kappa shape index (κ1) is 13.4. The molecule has 2 unspecified atom stereocenters. The van der Waals surface area contributed by atoms with Crippen molar-refractivity contribution in [1.82, 2.24) is 10.6 Å². The van der Waals surface area contributed by atoms with Crippen LogP contribution in [0.4, 0.5) is 0 Å². The molecule has 0 bridgehead atoms. The SMILES string of the molecule is CC(C)CC1NCNC1C1CCCCCCC1. The molecule has 0 spiro atoms. The minimum atomic E-state index is 0.722. The Balaban J connectivity index is 1.88. The van der Waals surface area contributed by atoms with Crippen molar-refractivity contribution in [1.29, 1.82) is 0 Å². The van der Waals surface area contributed by atoms with Crippen LogP contribution in [-0.4, -0.2) is 18.8 Å². The third-order valence-electron chi connectivity index (χ3n) is 4.52. The molecule has 0 aromatic heterocycles. The van der Waals surface area contributed by atoms with Crippen LogP contribution in [0.1, 0.15) is 65.2 Å². The van der Waals surface area contributed by atoms with Crippen LogP contribution < -0.4 is 10.6 Å². The maximum atomic E-state index is 3.72. The number of rotatable bonds is 3. The summed E-state index contributed by atoms with van der Waals surface area (Å²) in [4.78, 5) is 0. The van der Waals surface area contributed by atoms with Gasteiger partial charge in [-0.2, -0.15) is 0 Å². The summed E-state index contributed by atoms with van der Waals surface area (Å²) in [6.07, 6.45) is 11.5. The molecule has 2 heteroatoms. The summed E-state index contributed by atoms with van der Waals surface area (Å²) >= 11 is 0. The van der Waals surface area contributed by atoms with E-state index in [2.05, 4.69) is 24.5 Å². The molecule has 2 fully saturated rings. The van der Waals surface area contributed by atoms with E-state index in [0.717, 1.165) is 30.6 Å². The topological polar surface area (TPSA) is 24.1 Å². The second-order valence-electron chi connectivity index (χ2n) is 6.45. The van der Waals surface area contributed by atoms with E-state index in [9.17, 15) is 0 Å². The lowest BCUT2D eigenvalue weighted by molar-refractivity contribution is 0.269. The predicted octanol–water partition coefficient (Wildman–Crippen LogP) is 3.28. The highest BCUT2D eigenvalue weighted by Crippen LogP contribution is 2.29. The van der Waals surface area contributed by atoms with Crippen LogP contribution >= 0.6 is 0 Å². The fourth-order valence-corrected chi connectivity index (χ4v) is 3.66. The van der Waals surface area contributed by atoms with Crippen molar-refractivity contribution >= 4 is 0 Å². The van der Waals surface area contributed by atoms with Gasteiger partial charge in [-0.3, -0.25) is 5.32 Å². The average Bonchev–Trinajstić information content (AvgIpc) is 2.64. The van der Waals surface area contributed by atoms with Gasteiger partial charge in [-0.15, -0.1) is 0 Å². The maximum absolute atomic E-state index is 3.72. The van der Waals surface area contributed by atoms with Gasteiger partial charge >= 0.3 is 0 Å². The molecule has 1 aliphatic carbocycles. The van der Waals surface area contributed by atoms with Gasteiger partial charge in [-0.25, -0.2) is 0 Å². The van der Waals surface area contributed by atoms with Gasteiger partial charge in [0.2, 0.25) is 0 Å². The normalized spacial score (nSPS) is 32.6. The second-order valence-corrected chi connectivity index (χ2v) is 6.45. The van der Waals surface area contributed by atoms with Crippen molar-refractivity contribution in [3.63, 3.8) is 0 Å². The van der Waals surface area contributed by atoms with Gasteiger partial charge in [0.25, 0.3) is 0 Å². The smallest absolute Gasteiger partial charge is 0.0459 e. The second kappa shape index (κ2) is 6.75. The Bertz CT molecular complexity index is 207. The molecular formula is C15H30N2. The molecule has 2 atom stereocenters. The molecule has 1 saturated heterocycles. The zero-order valence-electron chi connectivity index (χ0n) is 11.7. The average molecular weight is 238 g/mol. The first-order valence-electron chi connectivity index (χ1n) is 7.74. The minimum absolute atomic E-state index is 0.722. The van der Waals surface area contributed by atoms with Crippen LogP contribution in [0, 0.1) is 11.8 Å². The number of hydrogen-bond acceptors (Lipinski definition) is 2. The van der Waals surface area contributed by atoms with Gasteiger partial charge in [0, 0.05) is 18.8 Å². The maximum Gasteiger partial charge on any atom is 0.0459 e. The largest absolute Gasteiger partial charge is 0.300 e. The lowest BCUT2D eigenvalue weighted by Crippen LogP contribution is -2.41. The highest BCUT2D eigenvalue weighted by atomic mass is 15.2. The van der Waals surface area contributed by atoms with Crippen molar-refractivity contribution in [2.45, 2.75) is 77.3 Å². The van der Waals surface area contributed by atoms with Crippen LogP contribution in [0.3, 0.4) is 0 Å². The lowest BCUT2D eigenvalue weighted by atomic mass is 9.81. The van der Waals surface area contributed by atoms with Gasteiger partial charge < -0.3 is 5.32 Å². The Hall–Kier alpha value is -0.0800. The molecule has 2 N–H and O–H groups in total. The van der Waals surface area contributed by atoms with E-state index in [1.807, 2.05) is 0 Å². The van der Waals surface area contributed by atoms with E-state index >= 15 is 0 Å². The minimum Gasteiger partial charge on any atom is -0.300 e. The Morgan fingerprint density at radius 1 is 0.941 bits per heavy atom. The number of nitrogens with one attached hydrogen (secondary N) is 2. The molecule has 2 nitrogen and oxygen atoms in total. The summed E-state index contributed by atoms with van der Waals surface area (Å²) in [5.74, 6) is 1.73. The van der Waals surface area contributed by atoms with E-state index in [1.54, 1.807) is 0 Å². The fourth-order valence-electron chi connectivity index (χ4n) is 3.66. The van der Waals surface area contributed by atoms with E-state index in [4.69, 9.17) is 0 Å². The van der Waals surface area contributed by atoms with Crippen molar-refractivity contribution in [3.8, 4) is 0 Å². The van der Waals surface area contributed by atoms with Crippen LogP contribution in [-0.2, 0) is 0 Å². The molecule has 0 radical (unpaired) electrons. The summed E-state index contributed by atoms with van der Waals surface area (Å²) in [5.41, 5.74) is 0. The molecule has 0 aromatic rings. The Morgan fingerprint density at radius 3 is 2.24 bits per heavy atom. The van der Waals surface area contributed by atoms with Crippen molar-refractivity contribution in [2.24, 2.45) is 11.8 Å². The molecule has 17 heavy (non-hydrogen) atoms. The van der Waals surface area contributed by atoms with Gasteiger partial charge in [-0.1, -0.05) is 46.0 Å². The van der Waals surface area contributed by atoms with E-state index in [-0.39, 0.29) is 0 Å². The fraction of sp³-hybridized carbons (Fsp3) is 1.00. The van der Waals surface area contributed by atoms with E-state index in [0.29, 0.717) is 0 Å². The monoisotopic (exact) mass is 238 g/mol. The standard InChI is InChI=1S/C15H30N2/c1-12(2)10-14-15(17-11-16-14)13-8-6-4-3-5-7-9-13/h12-17H,3-11H2,1-2H3. The third kappa shape index (κ3) is 3.96. The molecule has 100 valence electrons. The molecule has 0 amide bonds. The predicted molar refractivity (Wildman–Crippen MR) is 74.0 cm³/mol. The van der Waals surface area contributed by atoms with E-state index < -0.39 is 0 Å². The summed E-state index contributed by atoms with van der Waals surface area (Å²) < 4.78 is 0. The molecule has 0 aromatic carbocycles. The van der Waals surface area contributed by atoms with Crippen molar-refractivity contribution < 1.29 is 0 Å². The highest BCUT2D eigenvalue weighted by Gasteiger charge is 2.32. The van der Waals surface area contributed by atoms with E-state index in [1.165, 1.54) is 51.4 Å². The summed E-state index contributed by atoms with van der Waals surface area (Å²) in [7, 11) is 0. The lowest BCUT2D eigenvalue weighted by Gasteiger charge is -2.30. The first-order chi connectivity index (χ1) is 8.27. The van der Waals surface area contributed by atoms with Crippen LogP contribution in [0.2, 0.25) is 0 Å². The highest BCUT2D eigenvalue weighted by molar-refractivity contribution is 4.92. The van der Waals surface area contributed by atoms with Gasteiger partial charge in [0.15, 0.2) is 0 Å². The van der Waals surface area contributed by atoms with Crippen LogP contribution in [0.15, 0.2) is 0 Å². The molecule has 1 saturated carbocycles. The Kier molecular flexibility index (Phi) is 5.30. The van der Waals surface area contributed by atoms with Crippen molar-refractivity contribution in [3.05, 3.63) is 0 Å². The molecule has 1 aliphatic heterocycles. The number of hydrogen-bond donors (Lipinski definition) is 2. The van der Waals surface area contributed by atoms with Gasteiger partial charge in [0.1, 0.15) is 0 Å². The molecule has 2 rings (SSSR count). The summed E-state index contributed by atoms with van der Waals surface area (Å²) in [5, 5.41) is 7.38. The third-order valence-corrected chi connectivity index (χ3v) is 4.52. The van der Waals surface area contributed by atoms with Crippen LogP contribution in [0.5, 0.6) is 0 Å². The molecule has 2 aliphatic rings. The molecular weight excluding hydrogens is 208 g/mol. The first-order valence-corrected chi connectivity index (χ1v) is 7.74. The van der Waals surface area contributed by atoms with Gasteiger partial charge in [-0.05, 0) is 31.1 Å². The Labute approximate surface area is 107 Å². The Morgan fingerprint density at radius 2 is 1.59 bits per heavy atom. The van der Waals surface area contributed by atoms with Crippen molar-refractivity contribution in [2.75, 3.05) is 6.67 Å². The summed E-state index contributed by atoms with van der Waals surface area (Å²) in [6, 6.07) is 1.47.